The van der Waals surface area contributed by atoms with E-state index in [4.69, 9.17) is 11.6 Å². The molecule has 5 nitrogen and oxygen atoms in total. The molecule has 0 spiro atoms. The highest BCUT2D eigenvalue weighted by atomic mass is 35.5. The fourth-order valence-electron chi connectivity index (χ4n) is 3.80. The fourth-order valence-corrected chi connectivity index (χ4v) is 3.93. The highest BCUT2D eigenvalue weighted by molar-refractivity contribution is 6.30. The summed E-state index contributed by atoms with van der Waals surface area (Å²) in [6.07, 6.45) is 7.40. The van der Waals surface area contributed by atoms with Crippen molar-refractivity contribution in [3.63, 3.8) is 0 Å². The van der Waals surface area contributed by atoms with Crippen molar-refractivity contribution >= 4 is 28.7 Å². The van der Waals surface area contributed by atoms with Crippen molar-refractivity contribution in [2.24, 2.45) is 0 Å². The van der Waals surface area contributed by atoms with Crippen LogP contribution in [0.4, 0.5) is 0 Å². The van der Waals surface area contributed by atoms with Crippen molar-refractivity contribution in [3.05, 3.63) is 81.9 Å². The van der Waals surface area contributed by atoms with Crippen LogP contribution in [0.25, 0.3) is 11.3 Å². The first-order valence-electron chi connectivity index (χ1n) is 9.93. The van der Waals surface area contributed by atoms with Crippen LogP contribution in [0.1, 0.15) is 52.1 Å². The van der Waals surface area contributed by atoms with Crippen molar-refractivity contribution < 1.29 is 9.59 Å². The summed E-state index contributed by atoms with van der Waals surface area (Å²) in [6, 6.07) is 9.35. The summed E-state index contributed by atoms with van der Waals surface area (Å²) in [5.74, 6) is 0.275. The molecule has 0 bridgehead atoms. The summed E-state index contributed by atoms with van der Waals surface area (Å²) < 4.78 is 1.74. The van der Waals surface area contributed by atoms with Crippen LogP contribution in [-0.4, -0.2) is 26.3 Å². The van der Waals surface area contributed by atoms with Crippen LogP contribution < -0.4 is 0 Å². The molecule has 0 aliphatic heterocycles. The highest BCUT2D eigenvalue weighted by Gasteiger charge is 2.18. The third kappa shape index (κ3) is 4.12. The van der Waals surface area contributed by atoms with Crippen molar-refractivity contribution in [3.8, 4) is 5.69 Å². The second kappa shape index (κ2) is 8.36. The molecule has 2 aromatic heterocycles. The number of ketones is 2. The molecule has 0 radical (unpaired) electrons. The lowest BCUT2D eigenvalue weighted by atomic mass is 9.93. The number of nitrogens with zero attached hydrogens (tertiary/aromatic N) is 3. The number of rotatable bonds is 5. The van der Waals surface area contributed by atoms with Crippen LogP contribution in [-0.2, 0) is 11.2 Å². The van der Waals surface area contributed by atoms with Gasteiger partial charge in [-0.05, 0) is 61.2 Å². The van der Waals surface area contributed by atoms with E-state index in [2.05, 4.69) is 10.1 Å². The Morgan fingerprint density at radius 2 is 1.90 bits per heavy atom. The lowest BCUT2D eigenvalue weighted by Gasteiger charge is -2.14. The Balaban J connectivity index is 1.52. The number of carbonyl (C=O) groups is 2. The van der Waals surface area contributed by atoms with E-state index in [1.54, 1.807) is 29.2 Å². The quantitative estimate of drug-likeness (QED) is 0.539. The summed E-state index contributed by atoms with van der Waals surface area (Å²) in [5.41, 5.74) is 6.18. The van der Waals surface area contributed by atoms with Gasteiger partial charge in [0.15, 0.2) is 5.78 Å². The first-order chi connectivity index (χ1) is 14.4. The first kappa shape index (κ1) is 20.2. The van der Waals surface area contributed by atoms with Gasteiger partial charge in [0.25, 0.3) is 0 Å². The van der Waals surface area contributed by atoms with Crippen LogP contribution in [0.15, 0.2) is 48.8 Å². The summed E-state index contributed by atoms with van der Waals surface area (Å²) >= 11 is 5.96. The zero-order valence-electron chi connectivity index (χ0n) is 17.0. The summed E-state index contributed by atoms with van der Waals surface area (Å²) in [6.45, 7) is 3.88. The van der Waals surface area contributed by atoms with E-state index in [1.807, 2.05) is 38.1 Å². The number of hydrogen-bond acceptors (Lipinski definition) is 4. The summed E-state index contributed by atoms with van der Waals surface area (Å²) in [7, 11) is 0. The minimum absolute atomic E-state index is 0.00384. The number of benzene rings is 1. The Kier molecular flexibility index (Phi) is 5.64. The zero-order chi connectivity index (χ0) is 21.3. The first-order valence-corrected chi connectivity index (χ1v) is 10.3. The van der Waals surface area contributed by atoms with Gasteiger partial charge < -0.3 is 0 Å². The van der Waals surface area contributed by atoms with Crippen LogP contribution >= 0.6 is 11.6 Å². The Morgan fingerprint density at radius 3 is 2.57 bits per heavy atom. The molecule has 2 heterocycles. The van der Waals surface area contributed by atoms with Crippen LogP contribution in [0.5, 0.6) is 0 Å². The second-order valence-corrected chi connectivity index (χ2v) is 8.05. The standard InChI is InChI=1S/C24H22ClN3O2/c1-15-11-17(13-26-24(15)18-3-9-21(29)10-4-18)12-23(30)22-14-27-28(16(22)2)20-7-5-19(25)6-8-20/h3,5-8,11,13-14H,4,9-10,12H2,1-2H3. The second-order valence-electron chi connectivity index (χ2n) is 7.61. The van der Waals surface area contributed by atoms with Crippen LogP contribution in [0, 0.1) is 13.8 Å². The van der Waals surface area contributed by atoms with Gasteiger partial charge in [0, 0.05) is 30.5 Å². The molecule has 0 atom stereocenters. The third-order valence-electron chi connectivity index (χ3n) is 5.43. The van der Waals surface area contributed by atoms with Gasteiger partial charge in [-0.15, -0.1) is 0 Å². The number of carbonyl (C=O) groups excluding carboxylic acids is 2. The van der Waals surface area contributed by atoms with Gasteiger partial charge in [-0.25, -0.2) is 4.68 Å². The van der Waals surface area contributed by atoms with E-state index < -0.39 is 0 Å². The Hall–Kier alpha value is -3.05. The van der Waals surface area contributed by atoms with Gasteiger partial charge >= 0.3 is 0 Å². The third-order valence-corrected chi connectivity index (χ3v) is 5.69. The molecule has 152 valence electrons. The van der Waals surface area contributed by atoms with Crippen molar-refractivity contribution in [2.45, 2.75) is 39.5 Å². The van der Waals surface area contributed by atoms with Gasteiger partial charge in [0.05, 0.1) is 28.8 Å². The van der Waals surface area contributed by atoms with Crippen LogP contribution in [0.2, 0.25) is 5.02 Å². The molecular weight excluding hydrogens is 398 g/mol. The Labute approximate surface area is 180 Å². The monoisotopic (exact) mass is 419 g/mol. The van der Waals surface area contributed by atoms with Crippen LogP contribution in [0.3, 0.4) is 0 Å². The Morgan fingerprint density at radius 1 is 1.13 bits per heavy atom. The van der Waals surface area contributed by atoms with Gasteiger partial charge in [-0.1, -0.05) is 23.7 Å². The molecule has 3 aromatic rings. The predicted molar refractivity (Wildman–Crippen MR) is 117 cm³/mol. The molecule has 0 saturated carbocycles. The molecule has 0 N–H and O–H groups in total. The van der Waals surface area contributed by atoms with E-state index in [-0.39, 0.29) is 18.0 Å². The number of halogens is 1. The molecule has 0 amide bonds. The number of allylic oxidation sites excluding steroid dienone is 2. The van der Waals surface area contributed by atoms with E-state index in [1.165, 1.54) is 0 Å². The topological polar surface area (TPSA) is 64.8 Å². The maximum absolute atomic E-state index is 12.9. The Bertz CT molecular complexity index is 1160. The maximum atomic E-state index is 12.9. The molecule has 1 aliphatic carbocycles. The molecule has 1 aliphatic rings. The van der Waals surface area contributed by atoms with Gasteiger partial charge in [0.1, 0.15) is 5.78 Å². The average Bonchev–Trinajstić information content (AvgIpc) is 3.11. The maximum Gasteiger partial charge on any atom is 0.170 e. The van der Waals surface area contributed by atoms with E-state index in [0.29, 0.717) is 23.4 Å². The zero-order valence-corrected chi connectivity index (χ0v) is 17.7. The minimum Gasteiger partial charge on any atom is -0.299 e. The number of hydrogen-bond donors (Lipinski definition) is 0. The molecule has 0 unspecified atom stereocenters. The summed E-state index contributed by atoms with van der Waals surface area (Å²) in [4.78, 5) is 29.0. The predicted octanol–water partition coefficient (Wildman–Crippen LogP) is 5.10. The molecule has 4 rings (SSSR count). The average molecular weight is 420 g/mol. The van der Waals surface area contributed by atoms with Gasteiger partial charge in [-0.2, -0.15) is 5.10 Å². The molecule has 30 heavy (non-hydrogen) atoms. The van der Waals surface area contributed by atoms with E-state index in [0.717, 1.165) is 40.2 Å². The van der Waals surface area contributed by atoms with Gasteiger partial charge in [-0.3, -0.25) is 14.6 Å². The molecule has 1 aromatic carbocycles. The molecule has 0 fully saturated rings. The van der Waals surface area contributed by atoms with Gasteiger partial charge in [0.2, 0.25) is 0 Å². The fraction of sp³-hybridized carbons (Fsp3) is 0.250. The lowest BCUT2D eigenvalue weighted by molar-refractivity contribution is -0.118. The van der Waals surface area contributed by atoms with Crippen molar-refractivity contribution in [2.75, 3.05) is 0 Å². The molecule has 6 heteroatoms. The number of pyridine rings is 1. The van der Waals surface area contributed by atoms with Crippen molar-refractivity contribution in [1.82, 2.24) is 14.8 Å². The number of aryl methyl sites for hydroxylation is 1. The number of Topliss-reactive ketones (excluding diaryl/α,β-unsaturated/α-hetero) is 2. The molecule has 0 saturated heterocycles. The lowest BCUT2D eigenvalue weighted by Crippen LogP contribution is -2.08. The minimum atomic E-state index is 0.00384. The molecular formula is C24H22ClN3O2. The smallest absolute Gasteiger partial charge is 0.170 e. The van der Waals surface area contributed by atoms with E-state index in [9.17, 15) is 9.59 Å². The highest BCUT2D eigenvalue weighted by Crippen LogP contribution is 2.27. The number of aromatic nitrogens is 3. The largest absolute Gasteiger partial charge is 0.299 e. The SMILES string of the molecule is Cc1cc(CC(=O)c2cnn(-c3ccc(Cl)cc3)c2C)cnc1C1=CCC(=O)CC1. The van der Waals surface area contributed by atoms with E-state index >= 15 is 0 Å². The van der Waals surface area contributed by atoms with Crippen molar-refractivity contribution in [1.29, 1.82) is 0 Å². The normalized spacial score (nSPS) is 14.0. The summed E-state index contributed by atoms with van der Waals surface area (Å²) in [5, 5.41) is 5.03.